The molecule has 0 saturated carbocycles. The third-order valence-electron chi connectivity index (χ3n) is 2.92. The standard InChI is InChI=1S/C16H16ClFN2O3/c1-4-22-16(21)14-12(8-9-20(2)3)23-19-15(14)13-10(17)6-5-7-11(13)18/h5-9H,4H2,1-3H3. The fourth-order valence-electron chi connectivity index (χ4n) is 1.93. The van der Waals surface area contributed by atoms with E-state index in [0.29, 0.717) is 0 Å². The predicted octanol–water partition coefficient (Wildman–Crippen LogP) is 3.84. The van der Waals surface area contributed by atoms with E-state index in [4.69, 9.17) is 20.9 Å². The molecule has 2 aromatic rings. The van der Waals surface area contributed by atoms with Crippen LogP contribution >= 0.6 is 11.6 Å². The highest BCUT2D eigenvalue weighted by atomic mass is 35.5. The minimum Gasteiger partial charge on any atom is -0.462 e. The minimum absolute atomic E-state index is 0.00507. The average molecular weight is 339 g/mol. The van der Waals surface area contributed by atoms with Gasteiger partial charge in [0.05, 0.1) is 17.2 Å². The van der Waals surface area contributed by atoms with Crippen molar-refractivity contribution in [3.8, 4) is 11.3 Å². The van der Waals surface area contributed by atoms with Crippen LogP contribution in [0.4, 0.5) is 4.39 Å². The van der Waals surface area contributed by atoms with Gasteiger partial charge in [0, 0.05) is 26.4 Å². The molecule has 0 amide bonds. The molecule has 0 unspecified atom stereocenters. The van der Waals surface area contributed by atoms with Gasteiger partial charge in [-0.05, 0) is 19.1 Å². The summed E-state index contributed by atoms with van der Waals surface area (Å²) in [6.07, 6.45) is 3.23. The summed E-state index contributed by atoms with van der Waals surface area (Å²) in [6, 6.07) is 4.22. The molecule has 0 radical (unpaired) electrons. The molecule has 0 bridgehead atoms. The van der Waals surface area contributed by atoms with Crippen molar-refractivity contribution in [1.82, 2.24) is 10.1 Å². The Labute approximate surface area is 138 Å². The maximum absolute atomic E-state index is 14.1. The lowest BCUT2D eigenvalue weighted by atomic mass is 10.1. The summed E-state index contributed by atoms with van der Waals surface area (Å²) in [7, 11) is 3.62. The zero-order chi connectivity index (χ0) is 17.0. The van der Waals surface area contributed by atoms with Gasteiger partial charge in [-0.2, -0.15) is 0 Å². The number of nitrogens with zero attached hydrogens (tertiary/aromatic N) is 2. The Morgan fingerprint density at radius 1 is 1.48 bits per heavy atom. The second-order valence-electron chi connectivity index (χ2n) is 4.87. The lowest BCUT2D eigenvalue weighted by molar-refractivity contribution is 0.0526. The van der Waals surface area contributed by atoms with Crippen LogP contribution in [0.2, 0.25) is 5.02 Å². The van der Waals surface area contributed by atoms with Crippen molar-refractivity contribution in [2.45, 2.75) is 6.92 Å². The van der Waals surface area contributed by atoms with Crippen LogP contribution in [-0.2, 0) is 4.74 Å². The summed E-state index contributed by atoms with van der Waals surface area (Å²) in [5, 5.41) is 3.95. The molecule has 0 aliphatic heterocycles. The van der Waals surface area contributed by atoms with E-state index in [2.05, 4.69) is 5.16 Å². The number of hydrogen-bond donors (Lipinski definition) is 0. The Kier molecular flexibility index (Phi) is 5.39. The van der Waals surface area contributed by atoms with Gasteiger partial charge < -0.3 is 14.2 Å². The molecule has 1 aromatic heterocycles. The smallest absolute Gasteiger partial charge is 0.344 e. The molecule has 1 aromatic carbocycles. The molecule has 0 fully saturated rings. The molecule has 1 heterocycles. The Hall–Kier alpha value is -2.34. The second kappa shape index (κ2) is 7.28. The first-order valence-electron chi connectivity index (χ1n) is 6.91. The van der Waals surface area contributed by atoms with Gasteiger partial charge in [0.1, 0.15) is 17.1 Å². The largest absolute Gasteiger partial charge is 0.462 e. The van der Waals surface area contributed by atoms with E-state index in [1.165, 1.54) is 18.2 Å². The summed E-state index contributed by atoms with van der Waals surface area (Å²) in [5.74, 6) is -1.08. The summed E-state index contributed by atoms with van der Waals surface area (Å²) in [6.45, 7) is 1.85. The Morgan fingerprint density at radius 2 is 2.22 bits per heavy atom. The number of carbonyl (C=O) groups excluding carboxylic acids is 1. The van der Waals surface area contributed by atoms with Crippen molar-refractivity contribution in [1.29, 1.82) is 0 Å². The van der Waals surface area contributed by atoms with E-state index in [0.717, 1.165) is 0 Å². The first kappa shape index (κ1) is 17.0. The van der Waals surface area contributed by atoms with Gasteiger partial charge in [-0.1, -0.05) is 22.8 Å². The predicted molar refractivity (Wildman–Crippen MR) is 85.6 cm³/mol. The Balaban J connectivity index is 2.62. The van der Waals surface area contributed by atoms with Crippen LogP contribution in [0, 0.1) is 5.82 Å². The van der Waals surface area contributed by atoms with Gasteiger partial charge in [0.25, 0.3) is 0 Å². The molecule has 2 rings (SSSR count). The van der Waals surface area contributed by atoms with Crippen LogP contribution in [-0.4, -0.2) is 36.7 Å². The van der Waals surface area contributed by atoms with Crippen molar-refractivity contribution in [3.05, 3.63) is 46.6 Å². The van der Waals surface area contributed by atoms with Crippen molar-refractivity contribution in [2.75, 3.05) is 20.7 Å². The number of halogens is 2. The number of ether oxygens (including phenoxy) is 1. The van der Waals surface area contributed by atoms with E-state index in [1.54, 1.807) is 24.1 Å². The van der Waals surface area contributed by atoms with Crippen LogP contribution in [0.15, 0.2) is 28.9 Å². The Bertz CT molecular complexity index is 721. The van der Waals surface area contributed by atoms with Crippen LogP contribution in [0.25, 0.3) is 17.3 Å². The first-order chi connectivity index (χ1) is 11.0. The molecule has 7 heteroatoms. The van der Waals surface area contributed by atoms with Crippen molar-refractivity contribution < 1.29 is 18.4 Å². The number of rotatable bonds is 5. The fraction of sp³-hybridized carbons (Fsp3) is 0.250. The van der Waals surface area contributed by atoms with Gasteiger partial charge in [0.2, 0.25) is 0 Å². The molecular weight excluding hydrogens is 323 g/mol. The summed E-state index contributed by atoms with van der Waals surface area (Å²) in [4.78, 5) is 14.0. The summed E-state index contributed by atoms with van der Waals surface area (Å²) >= 11 is 6.05. The third kappa shape index (κ3) is 3.71. The zero-order valence-electron chi connectivity index (χ0n) is 13.0. The van der Waals surface area contributed by atoms with Crippen LogP contribution < -0.4 is 0 Å². The highest BCUT2D eigenvalue weighted by Gasteiger charge is 2.27. The molecule has 23 heavy (non-hydrogen) atoms. The van der Waals surface area contributed by atoms with Crippen molar-refractivity contribution in [3.63, 3.8) is 0 Å². The van der Waals surface area contributed by atoms with Crippen molar-refractivity contribution >= 4 is 23.6 Å². The minimum atomic E-state index is -0.651. The molecule has 0 aliphatic carbocycles. The van der Waals surface area contributed by atoms with Gasteiger partial charge in [0.15, 0.2) is 5.76 Å². The summed E-state index contributed by atoms with van der Waals surface area (Å²) < 4.78 is 24.4. The van der Waals surface area contributed by atoms with Gasteiger partial charge in [-0.3, -0.25) is 0 Å². The summed E-state index contributed by atoms with van der Waals surface area (Å²) in [5.41, 5.74) is 0.0624. The first-order valence-corrected chi connectivity index (χ1v) is 7.29. The average Bonchev–Trinajstić information content (AvgIpc) is 2.89. The van der Waals surface area contributed by atoms with E-state index in [9.17, 15) is 9.18 Å². The van der Waals surface area contributed by atoms with E-state index >= 15 is 0 Å². The molecule has 5 nitrogen and oxygen atoms in total. The number of aromatic nitrogens is 1. The van der Waals surface area contributed by atoms with E-state index in [1.807, 2.05) is 14.1 Å². The zero-order valence-corrected chi connectivity index (χ0v) is 13.7. The lowest BCUT2D eigenvalue weighted by Crippen LogP contribution is -2.07. The normalized spacial score (nSPS) is 11.0. The maximum Gasteiger partial charge on any atom is 0.344 e. The number of esters is 1. The molecular formula is C16H16ClFN2O3. The van der Waals surface area contributed by atoms with Crippen LogP contribution in [0.1, 0.15) is 23.0 Å². The van der Waals surface area contributed by atoms with Gasteiger partial charge in [-0.15, -0.1) is 0 Å². The molecule has 122 valence electrons. The second-order valence-corrected chi connectivity index (χ2v) is 5.27. The molecule has 0 saturated heterocycles. The van der Waals surface area contributed by atoms with E-state index < -0.39 is 11.8 Å². The molecule has 0 N–H and O–H groups in total. The van der Waals surface area contributed by atoms with E-state index in [-0.39, 0.29) is 34.2 Å². The van der Waals surface area contributed by atoms with Gasteiger partial charge in [-0.25, -0.2) is 9.18 Å². The van der Waals surface area contributed by atoms with Crippen molar-refractivity contribution in [2.24, 2.45) is 0 Å². The third-order valence-corrected chi connectivity index (χ3v) is 3.24. The number of hydrogen-bond acceptors (Lipinski definition) is 5. The number of carbonyl (C=O) groups is 1. The van der Waals surface area contributed by atoms with Crippen LogP contribution in [0.5, 0.6) is 0 Å². The highest BCUT2D eigenvalue weighted by molar-refractivity contribution is 6.33. The monoisotopic (exact) mass is 338 g/mol. The topological polar surface area (TPSA) is 55.6 Å². The molecule has 0 atom stereocenters. The lowest BCUT2D eigenvalue weighted by Gasteiger charge is -2.06. The fourth-order valence-corrected chi connectivity index (χ4v) is 2.18. The van der Waals surface area contributed by atoms with Crippen LogP contribution in [0.3, 0.4) is 0 Å². The highest BCUT2D eigenvalue weighted by Crippen LogP contribution is 2.34. The Morgan fingerprint density at radius 3 is 2.83 bits per heavy atom. The SMILES string of the molecule is CCOC(=O)c1c(-c2c(F)cccc2Cl)noc1C=CN(C)C. The number of benzene rings is 1. The molecule has 0 aliphatic rings. The maximum atomic E-state index is 14.1. The van der Waals surface area contributed by atoms with Gasteiger partial charge >= 0.3 is 5.97 Å². The quantitative estimate of drug-likeness (QED) is 0.775. The molecule has 0 spiro atoms.